The summed E-state index contributed by atoms with van der Waals surface area (Å²) < 4.78 is 2.17. The first-order valence-corrected chi connectivity index (χ1v) is 12.0. The molecule has 5 rings (SSSR count). The first kappa shape index (κ1) is 22.4. The van der Waals surface area contributed by atoms with Crippen LogP contribution in [0.15, 0.2) is 70.3 Å². The average Bonchev–Trinajstić information content (AvgIpc) is 3.33. The number of rotatable bonds is 4. The van der Waals surface area contributed by atoms with Gasteiger partial charge in [-0.2, -0.15) is 15.1 Å². The van der Waals surface area contributed by atoms with Crippen molar-refractivity contribution >= 4 is 51.4 Å². The Morgan fingerprint density at radius 3 is 2.56 bits per heavy atom. The van der Waals surface area contributed by atoms with Gasteiger partial charge in [-0.25, -0.2) is 0 Å². The molecule has 0 saturated carbocycles. The summed E-state index contributed by atoms with van der Waals surface area (Å²) >= 11 is 7.29. The zero-order valence-corrected chi connectivity index (χ0v) is 20.5. The van der Waals surface area contributed by atoms with Gasteiger partial charge in [-0.3, -0.25) is 10.2 Å². The number of hydrogen-bond acceptors (Lipinski definition) is 4. The normalized spacial score (nSPS) is 16.7. The number of aromatic nitrogens is 1. The third-order valence-electron chi connectivity index (χ3n) is 5.89. The van der Waals surface area contributed by atoms with Crippen LogP contribution < -0.4 is 0 Å². The molecule has 0 bridgehead atoms. The number of carbonyl (C=O) groups excluding carboxylic acids is 1. The van der Waals surface area contributed by atoms with Gasteiger partial charge in [0.15, 0.2) is 5.84 Å². The number of nitrogens with one attached hydrogen (secondary N) is 1. The molecule has 3 aromatic rings. The Morgan fingerprint density at radius 2 is 1.82 bits per heavy atom. The minimum absolute atomic E-state index is 0.0364. The van der Waals surface area contributed by atoms with Gasteiger partial charge in [0, 0.05) is 28.5 Å². The lowest BCUT2D eigenvalue weighted by Crippen LogP contribution is -2.35. The van der Waals surface area contributed by atoms with Crippen molar-refractivity contribution in [3.8, 4) is 5.69 Å². The second-order valence-corrected chi connectivity index (χ2v) is 9.74. The monoisotopic (exact) mass is 487 g/mol. The summed E-state index contributed by atoms with van der Waals surface area (Å²) in [5.74, 6) is -0.387. The molecule has 0 atom stereocenters. The van der Waals surface area contributed by atoms with Gasteiger partial charge in [-0.1, -0.05) is 41.9 Å². The van der Waals surface area contributed by atoms with Crippen molar-refractivity contribution in [3.63, 3.8) is 0 Å². The molecule has 0 spiro atoms. The van der Waals surface area contributed by atoms with Crippen molar-refractivity contribution in [1.82, 2.24) is 9.58 Å². The van der Waals surface area contributed by atoms with Crippen molar-refractivity contribution in [2.24, 2.45) is 10.1 Å². The van der Waals surface area contributed by atoms with Crippen LogP contribution in [-0.2, 0) is 11.2 Å². The number of thioether (sulfide) groups is 1. The zero-order valence-electron chi connectivity index (χ0n) is 19.0. The number of hydrazone groups is 1. The number of halogens is 1. The molecule has 34 heavy (non-hydrogen) atoms. The SMILES string of the molecule is Cc1ccccc1-n1c(C)cc(/C=C2\C(=N)N3N=C(Cc4ccc(Cl)cc4)SC3=NC2=O)c1C. The van der Waals surface area contributed by atoms with Crippen molar-refractivity contribution < 1.29 is 4.79 Å². The molecule has 1 N–H and O–H groups in total. The van der Waals surface area contributed by atoms with Gasteiger partial charge in [0.05, 0.1) is 5.57 Å². The Labute approximate surface area is 207 Å². The van der Waals surface area contributed by atoms with E-state index < -0.39 is 5.91 Å². The van der Waals surface area contributed by atoms with Gasteiger partial charge in [-0.05, 0) is 79.6 Å². The van der Waals surface area contributed by atoms with E-state index in [2.05, 4.69) is 33.7 Å². The highest BCUT2D eigenvalue weighted by molar-refractivity contribution is 8.26. The van der Waals surface area contributed by atoms with Crippen molar-refractivity contribution in [2.45, 2.75) is 27.2 Å². The lowest BCUT2D eigenvalue weighted by Gasteiger charge is -2.20. The summed E-state index contributed by atoms with van der Waals surface area (Å²) in [5, 5.41) is 16.6. The number of fused-ring (bicyclic) bond motifs is 1. The summed E-state index contributed by atoms with van der Waals surface area (Å²) in [4.78, 5) is 17.1. The summed E-state index contributed by atoms with van der Waals surface area (Å²) in [7, 11) is 0. The fourth-order valence-electron chi connectivity index (χ4n) is 4.15. The number of aliphatic imine (C=N–C) groups is 1. The number of amides is 1. The number of hydrogen-bond donors (Lipinski definition) is 1. The molecule has 0 fully saturated rings. The smallest absolute Gasteiger partial charge is 0.283 e. The van der Waals surface area contributed by atoms with Crippen LogP contribution in [0.25, 0.3) is 11.8 Å². The fraction of sp³-hybridized carbons (Fsp3) is 0.154. The number of amidine groups is 2. The lowest BCUT2D eigenvalue weighted by molar-refractivity contribution is -0.114. The molecule has 170 valence electrons. The van der Waals surface area contributed by atoms with E-state index in [1.165, 1.54) is 16.8 Å². The van der Waals surface area contributed by atoms with Gasteiger partial charge in [-0.15, -0.1) is 0 Å². The number of carbonyl (C=O) groups is 1. The van der Waals surface area contributed by atoms with Gasteiger partial charge in [0.2, 0.25) is 5.17 Å². The number of benzene rings is 2. The molecule has 0 unspecified atom stereocenters. The Morgan fingerprint density at radius 1 is 1.09 bits per heavy atom. The third-order valence-corrected chi connectivity index (χ3v) is 7.05. The molecular formula is C26H22ClN5OS. The maximum Gasteiger partial charge on any atom is 0.283 e. The quantitative estimate of drug-likeness (QED) is 0.464. The van der Waals surface area contributed by atoms with E-state index in [-0.39, 0.29) is 11.4 Å². The molecule has 8 heteroatoms. The Kier molecular flexibility index (Phi) is 5.75. The second kappa shape index (κ2) is 8.74. The molecule has 3 heterocycles. The van der Waals surface area contributed by atoms with Crippen LogP contribution >= 0.6 is 23.4 Å². The zero-order chi connectivity index (χ0) is 24.0. The first-order valence-electron chi connectivity index (χ1n) is 10.8. The Balaban J connectivity index is 1.46. The molecule has 0 radical (unpaired) electrons. The molecule has 1 amide bonds. The standard InChI is InChI=1S/C26H22ClN5OS/c1-15-6-4-5-7-22(15)31-16(2)12-19(17(31)3)14-21-24(28)32-26(29-25(21)33)34-23(30-32)13-18-8-10-20(27)11-9-18/h4-12,14,28H,13H2,1-3H3/b21-14+,28-24?. The van der Waals surface area contributed by atoms with E-state index in [4.69, 9.17) is 17.0 Å². The predicted octanol–water partition coefficient (Wildman–Crippen LogP) is 5.92. The van der Waals surface area contributed by atoms with E-state index in [0.717, 1.165) is 38.8 Å². The van der Waals surface area contributed by atoms with Crippen LogP contribution in [0.3, 0.4) is 0 Å². The predicted molar refractivity (Wildman–Crippen MR) is 140 cm³/mol. The molecule has 2 aromatic carbocycles. The molecule has 2 aliphatic heterocycles. The second-order valence-electron chi connectivity index (χ2n) is 8.27. The topological polar surface area (TPSA) is 73.8 Å². The van der Waals surface area contributed by atoms with Crippen LogP contribution in [0.4, 0.5) is 0 Å². The van der Waals surface area contributed by atoms with Crippen LogP contribution in [0, 0.1) is 26.2 Å². The van der Waals surface area contributed by atoms with Crippen LogP contribution in [0.5, 0.6) is 0 Å². The number of aryl methyl sites for hydroxylation is 2. The molecule has 0 aliphatic carbocycles. The van der Waals surface area contributed by atoms with Crippen molar-refractivity contribution in [1.29, 1.82) is 5.41 Å². The van der Waals surface area contributed by atoms with E-state index in [9.17, 15) is 4.79 Å². The van der Waals surface area contributed by atoms with E-state index in [1.54, 1.807) is 6.08 Å². The Hall–Kier alpha value is -3.42. The number of nitrogens with zero attached hydrogens (tertiary/aromatic N) is 4. The van der Waals surface area contributed by atoms with Gasteiger partial charge >= 0.3 is 0 Å². The first-order chi connectivity index (χ1) is 16.3. The Bertz CT molecular complexity index is 1430. The van der Waals surface area contributed by atoms with Gasteiger partial charge < -0.3 is 4.57 Å². The van der Waals surface area contributed by atoms with Crippen molar-refractivity contribution in [2.75, 3.05) is 0 Å². The lowest BCUT2D eigenvalue weighted by atomic mass is 10.1. The number of para-hydroxylation sites is 1. The minimum atomic E-state index is -0.424. The molecule has 0 saturated heterocycles. The fourth-order valence-corrected chi connectivity index (χ4v) is 5.20. The highest BCUT2D eigenvalue weighted by Crippen LogP contribution is 2.31. The van der Waals surface area contributed by atoms with Gasteiger partial charge in [0.1, 0.15) is 5.04 Å². The maximum absolute atomic E-state index is 12.9. The van der Waals surface area contributed by atoms with Crippen LogP contribution in [0.2, 0.25) is 5.02 Å². The minimum Gasteiger partial charge on any atom is -0.318 e. The summed E-state index contributed by atoms with van der Waals surface area (Å²) in [6.45, 7) is 6.13. The van der Waals surface area contributed by atoms with Crippen LogP contribution in [-0.4, -0.2) is 31.5 Å². The van der Waals surface area contributed by atoms with E-state index in [0.29, 0.717) is 16.6 Å². The van der Waals surface area contributed by atoms with Gasteiger partial charge in [0.25, 0.3) is 5.91 Å². The maximum atomic E-state index is 12.9. The summed E-state index contributed by atoms with van der Waals surface area (Å²) in [6.07, 6.45) is 2.33. The molecule has 2 aliphatic rings. The molecule has 1 aromatic heterocycles. The van der Waals surface area contributed by atoms with Crippen molar-refractivity contribution in [3.05, 3.63) is 93.3 Å². The third kappa shape index (κ3) is 4.02. The van der Waals surface area contributed by atoms with Crippen LogP contribution in [0.1, 0.15) is 28.1 Å². The summed E-state index contributed by atoms with van der Waals surface area (Å²) in [5.41, 5.74) is 6.47. The molecule has 6 nitrogen and oxygen atoms in total. The van der Waals surface area contributed by atoms with E-state index in [1.807, 2.05) is 56.3 Å². The molecular weight excluding hydrogens is 466 g/mol. The highest BCUT2D eigenvalue weighted by Gasteiger charge is 2.35. The summed E-state index contributed by atoms with van der Waals surface area (Å²) in [6, 6.07) is 17.8. The highest BCUT2D eigenvalue weighted by atomic mass is 35.5. The van der Waals surface area contributed by atoms with E-state index >= 15 is 0 Å². The average molecular weight is 488 g/mol. The largest absolute Gasteiger partial charge is 0.318 e.